The number of rotatable bonds is 2. The molecule has 1 rings (SSSR count). The molecule has 0 atom stereocenters. The number of hydrogen-bond donors (Lipinski definition) is 3. The number of benzene rings is 1. The van der Waals surface area contributed by atoms with E-state index in [1.807, 2.05) is 11.5 Å². The fraction of sp³-hybridized carbons (Fsp3) is 0. The van der Waals surface area contributed by atoms with E-state index in [0.717, 1.165) is 0 Å². The van der Waals surface area contributed by atoms with Crippen molar-refractivity contribution in [3.05, 3.63) is 30.3 Å². The molecule has 0 aromatic heterocycles. The van der Waals surface area contributed by atoms with Gasteiger partial charge in [-0.3, -0.25) is 0 Å². The lowest BCUT2D eigenvalue weighted by molar-refractivity contribution is 0.251. The minimum Gasteiger partial charge on any atom is -0.306 e. The van der Waals surface area contributed by atoms with Crippen LogP contribution in [-0.2, 0) is 0 Å². The van der Waals surface area contributed by atoms with Crippen LogP contribution in [0, 0.1) is 5.53 Å². The Kier molecular flexibility index (Phi) is 2.78. The van der Waals surface area contributed by atoms with Crippen LogP contribution >= 0.6 is 0 Å². The highest BCUT2D eigenvalue weighted by Gasteiger charge is 1.96. The van der Waals surface area contributed by atoms with Crippen molar-refractivity contribution in [3.8, 4) is 0 Å². The van der Waals surface area contributed by atoms with Gasteiger partial charge in [0.25, 0.3) is 0 Å². The molecule has 0 radical (unpaired) electrons. The molecule has 0 heterocycles. The van der Waals surface area contributed by atoms with Crippen molar-refractivity contribution in [1.82, 2.24) is 5.43 Å². The molecule has 0 saturated carbocycles. The van der Waals surface area contributed by atoms with Crippen molar-refractivity contribution in [2.75, 3.05) is 5.32 Å². The SMILES string of the molecule is N=NNC(=O)Nc1ccccc1. The van der Waals surface area contributed by atoms with Gasteiger partial charge in [-0.05, 0) is 12.1 Å². The smallest absolute Gasteiger partial charge is 0.306 e. The molecule has 0 aliphatic heterocycles. The molecule has 0 aliphatic rings. The van der Waals surface area contributed by atoms with Crippen LogP contribution in [0.4, 0.5) is 10.5 Å². The van der Waals surface area contributed by atoms with Crippen molar-refractivity contribution >= 4 is 11.7 Å². The molecular weight excluding hydrogens is 156 g/mol. The van der Waals surface area contributed by atoms with Crippen molar-refractivity contribution < 1.29 is 4.79 Å². The third-order valence-electron chi connectivity index (χ3n) is 1.19. The molecule has 0 aliphatic carbocycles. The number of amides is 2. The van der Waals surface area contributed by atoms with Gasteiger partial charge in [-0.1, -0.05) is 23.4 Å². The van der Waals surface area contributed by atoms with E-state index in [1.54, 1.807) is 24.3 Å². The van der Waals surface area contributed by atoms with Crippen molar-refractivity contribution in [2.45, 2.75) is 0 Å². The maximum atomic E-state index is 10.8. The minimum absolute atomic E-state index is 0.517. The van der Waals surface area contributed by atoms with Gasteiger partial charge in [0.1, 0.15) is 0 Å². The van der Waals surface area contributed by atoms with Crippen LogP contribution in [0.3, 0.4) is 0 Å². The van der Waals surface area contributed by atoms with Crippen LogP contribution in [0.2, 0.25) is 0 Å². The summed E-state index contributed by atoms with van der Waals surface area (Å²) in [5.74, 6) is 0. The largest absolute Gasteiger partial charge is 0.340 e. The van der Waals surface area contributed by atoms with Crippen LogP contribution in [0.25, 0.3) is 0 Å². The zero-order valence-electron chi connectivity index (χ0n) is 6.24. The average molecular weight is 164 g/mol. The zero-order chi connectivity index (χ0) is 8.81. The molecule has 1 aromatic rings. The van der Waals surface area contributed by atoms with Crippen molar-refractivity contribution in [3.63, 3.8) is 0 Å². The van der Waals surface area contributed by atoms with E-state index in [0.29, 0.717) is 5.69 Å². The Bertz CT molecular complexity index is 272. The molecule has 0 spiro atoms. The Morgan fingerprint density at radius 3 is 2.58 bits per heavy atom. The normalized spacial score (nSPS) is 8.67. The lowest BCUT2D eigenvalue weighted by atomic mass is 10.3. The number of para-hydroxylation sites is 1. The number of carbonyl (C=O) groups is 1. The lowest BCUT2D eigenvalue weighted by Gasteiger charge is -2.01. The third-order valence-corrected chi connectivity index (χ3v) is 1.19. The molecule has 0 bridgehead atoms. The summed E-state index contributed by atoms with van der Waals surface area (Å²) in [6.45, 7) is 0. The second kappa shape index (κ2) is 4.07. The molecule has 0 unspecified atom stereocenters. The summed E-state index contributed by atoms with van der Waals surface area (Å²) in [5.41, 5.74) is 8.95. The summed E-state index contributed by atoms with van der Waals surface area (Å²) < 4.78 is 0. The summed E-state index contributed by atoms with van der Waals surface area (Å²) in [6.07, 6.45) is 0. The molecule has 0 saturated heterocycles. The molecule has 3 N–H and O–H groups in total. The Morgan fingerprint density at radius 1 is 1.33 bits per heavy atom. The molecule has 12 heavy (non-hydrogen) atoms. The number of carbonyl (C=O) groups excluding carboxylic acids is 1. The predicted molar refractivity (Wildman–Crippen MR) is 43.7 cm³/mol. The third kappa shape index (κ3) is 2.37. The fourth-order valence-electron chi connectivity index (χ4n) is 0.731. The van der Waals surface area contributed by atoms with Gasteiger partial charge in [-0.15, -0.1) is 0 Å². The first kappa shape index (κ1) is 8.19. The van der Waals surface area contributed by atoms with Crippen molar-refractivity contribution in [2.24, 2.45) is 5.22 Å². The Morgan fingerprint density at radius 2 is 2.00 bits per heavy atom. The van der Waals surface area contributed by atoms with Gasteiger partial charge in [0, 0.05) is 5.69 Å². The van der Waals surface area contributed by atoms with Crippen LogP contribution in [0.15, 0.2) is 35.6 Å². The van der Waals surface area contributed by atoms with E-state index in [2.05, 4.69) is 10.5 Å². The van der Waals surface area contributed by atoms with Crippen molar-refractivity contribution in [1.29, 1.82) is 5.53 Å². The standard InChI is InChI=1S/C7H8N4O/c8-11-10-7(12)9-6-4-2-1-3-5-6/h1-5H,(H3,8,9,10,12). The summed E-state index contributed by atoms with van der Waals surface area (Å²) in [5, 5.41) is 5.20. The molecule has 5 nitrogen and oxygen atoms in total. The van der Waals surface area contributed by atoms with Crippen LogP contribution < -0.4 is 10.7 Å². The number of hydrogen-bond acceptors (Lipinski definition) is 3. The topological polar surface area (TPSA) is 77.3 Å². The maximum Gasteiger partial charge on any atom is 0.340 e. The average Bonchev–Trinajstić information content (AvgIpc) is 2.06. The molecule has 5 heteroatoms. The van der Waals surface area contributed by atoms with E-state index < -0.39 is 6.03 Å². The lowest BCUT2D eigenvalue weighted by Crippen LogP contribution is -2.23. The van der Waals surface area contributed by atoms with E-state index in [9.17, 15) is 4.79 Å². The molecule has 62 valence electrons. The Balaban J connectivity index is 2.52. The highest BCUT2D eigenvalue weighted by molar-refractivity contribution is 5.88. The predicted octanol–water partition coefficient (Wildman–Crippen LogP) is 1.75. The monoisotopic (exact) mass is 164 g/mol. The highest BCUT2D eigenvalue weighted by atomic mass is 16.2. The summed E-state index contributed by atoms with van der Waals surface area (Å²) in [6, 6.07) is 8.41. The molecular formula is C7H8N4O. The summed E-state index contributed by atoms with van der Waals surface area (Å²) in [7, 11) is 0. The fourth-order valence-corrected chi connectivity index (χ4v) is 0.731. The second-order valence-corrected chi connectivity index (χ2v) is 2.04. The number of urea groups is 1. The second-order valence-electron chi connectivity index (χ2n) is 2.04. The number of nitrogens with one attached hydrogen (secondary N) is 3. The van der Waals surface area contributed by atoms with Gasteiger partial charge in [-0.25, -0.2) is 10.2 Å². The Labute approximate surface area is 69.3 Å². The van der Waals surface area contributed by atoms with Gasteiger partial charge in [0.15, 0.2) is 0 Å². The first-order valence-electron chi connectivity index (χ1n) is 3.31. The number of anilines is 1. The van der Waals surface area contributed by atoms with E-state index in [4.69, 9.17) is 5.53 Å². The van der Waals surface area contributed by atoms with Crippen LogP contribution in [0.1, 0.15) is 0 Å². The van der Waals surface area contributed by atoms with Crippen LogP contribution in [0.5, 0.6) is 0 Å². The van der Waals surface area contributed by atoms with E-state index in [1.165, 1.54) is 0 Å². The Hall–Kier alpha value is -1.91. The van der Waals surface area contributed by atoms with E-state index in [-0.39, 0.29) is 0 Å². The van der Waals surface area contributed by atoms with E-state index >= 15 is 0 Å². The first-order chi connectivity index (χ1) is 5.83. The van der Waals surface area contributed by atoms with Gasteiger partial charge in [0.2, 0.25) is 0 Å². The maximum absolute atomic E-state index is 10.8. The molecule has 0 fully saturated rings. The summed E-state index contributed by atoms with van der Waals surface area (Å²) in [4.78, 5) is 10.8. The zero-order valence-corrected chi connectivity index (χ0v) is 6.24. The number of nitrogens with zero attached hydrogens (tertiary/aromatic N) is 1. The highest BCUT2D eigenvalue weighted by Crippen LogP contribution is 2.03. The minimum atomic E-state index is -0.517. The van der Waals surface area contributed by atoms with Gasteiger partial charge >= 0.3 is 6.03 Å². The first-order valence-corrected chi connectivity index (χ1v) is 3.31. The van der Waals surface area contributed by atoms with Gasteiger partial charge < -0.3 is 5.32 Å². The van der Waals surface area contributed by atoms with Gasteiger partial charge in [-0.2, -0.15) is 5.53 Å². The summed E-state index contributed by atoms with van der Waals surface area (Å²) >= 11 is 0. The van der Waals surface area contributed by atoms with Gasteiger partial charge in [0.05, 0.1) is 0 Å². The molecule has 1 aromatic carbocycles. The quantitative estimate of drug-likeness (QED) is 0.452. The molecule has 2 amide bonds. The van der Waals surface area contributed by atoms with Crippen LogP contribution in [-0.4, -0.2) is 6.03 Å².